The third-order valence-electron chi connectivity index (χ3n) is 9.01. The highest BCUT2D eigenvalue weighted by Gasteiger charge is 2.47. The molecule has 50 heavy (non-hydrogen) atoms. The highest BCUT2D eigenvalue weighted by molar-refractivity contribution is 5.69. The van der Waals surface area contributed by atoms with Gasteiger partial charge < -0.3 is 64.2 Å². The fourth-order valence-corrected chi connectivity index (χ4v) is 5.81. The summed E-state index contributed by atoms with van der Waals surface area (Å²) in [5, 5.41) is 71.4. The molecule has 0 aromatic carbocycles. The van der Waals surface area contributed by atoms with Crippen molar-refractivity contribution in [3.05, 3.63) is 12.2 Å². The van der Waals surface area contributed by atoms with Gasteiger partial charge in [-0.3, -0.25) is 4.79 Å². The van der Waals surface area contributed by atoms with Crippen molar-refractivity contribution in [2.75, 3.05) is 33.0 Å². The maximum Gasteiger partial charge on any atom is 0.306 e. The van der Waals surface area contributed by atoms with Gasteiger partial charge in [0.05, 0.1) is 26.4 Å². The van der Waals surface area contributed by atoms with E-state index in [-0.39, 0.29) is 19.6 Å². The predicted molar refractivity (Wildman–Crippen MR) is 183 cm³/mol. The molecular formula is C36H66O14. The van der Waals surface area contributed by atoms with E-state index in [4.69, 9.17) is 28.4 Å². The first-order valence-electron chi connectivity index (χ1n) is 18.8. The van der Waals surface area contributed by atoms with Gasteiger partial charge in [0.2, 0.25) is 0 Å². The van der Waals surface area contributed by atoms with Gasteiger partial charge in [0.15, 0.2) is 12.6 Å². The van der Waals surface area contributed by atoms with Crippen molar-refractivity contribution in [2.24, 2.45) is 0 Å². The Morgan fingerprint density at radius 3 is 1.90 bits per heavy atom. The molecule has 7 N–H and O–H groups in total. The van der Waals surface area contributed by atoms with Crippen molar-refractivity contribution in [3.63, 3.8) is 0 Å². The Morgan fingerprint density at radius 2 is 1.22 bits per heavy atom. The smallest absolute Gasteiger partial charge is 0.306 e. The zero-order chi connectivity index (χ0) is 36.7. The number of carbonyl (C=O) groups excluding carboxylic acids is 1. The highest BCUT2D eigenvalue weighted by atomic mass is 16.7. The second-order valence-corrected chi connectivity index (χ2v) is 13.4. The molecule has 0 saturated carbocycles. The molecule has 14 nitrogen and oxygen atoms in total. The summed E-state index contributed by atoms with van der Waals surface area (Å²) >= 11 is 0. The molecule has 0 radical (unpaired) electrons. The summed E-state index contributed by atoms with van der Waals surface area (Å²) < 4.78 is 33.8. The highest BCUT2D eigenvalue weighted by Crippen LogP contribution is 2.26. The Balaban J connectivity index is 1.88. The van der Waals surface area contributed by atoms with E-state index >= 15 is 0 Å². The van der Waals surface area contributed by atoms with E-state index in [9.17, 15) is 40.5 Å². The Morgan fingerprint density at radius 1 is 0.640 bits per heavy atom. The third-order valence-corrected chi connectivity index (χ3v) is 9.01. The van der Waals surface area contributed by atoms with Crippen LogP contribution in [0.25, 0.3) is 0 Å². The molecule has 2 fully saturated rings. The molecule has 14 heteroatoms. The van der Waals surface area contributed by atoms with E-state index in [1.807, 2.05) is 0 Å². The van der Waals surface area contributed by atoms with Crippen LogP contribution in [0.15, 0.2) is 12.2 Å². The lowest BCUT2D eigenvalue weighted by Crippen LogP contribution is -2.61. The van der Waals surface area contributed by atoms with Crippen molar-refractivity contribution in [2.45, 2.75) is 178 Å². The Hall–Kier alpha value is -1.27. The minimum atomic E-state index is -1.70. The lowest BCUT2D eigenvalue weighted by atomic mass is 9.98. The number of aliphatic hydroxyl groups excluding tert-OH is 7. The normalized spacial score (nSPS) is 30.9. The lowest BCUT2D eigenvalue weighted by Gasteiger charge is -2.42. The van der Waals surface area contributed by atoms with Crippen molar-refractivity contribution in [1.29, 1.82) is 0 Å². The molecule has 2 aliphatic rings. The van der Waals surface area contributed by atoms with E-state index in [0.29, 0.717) is 13.0 Å². The fraction of sp³-hybridized carbons (Fsp3) is 0.917. The second kappa shape index (κ2) is 26.5. The molecule has 0 aromatic heterocycles. The fourth-order valence-electron chi connectivity index (χ4n) is 5.81. The molecule has 11 atom stereocenters. The quantitative estimate of drug-likeness (QED) is 0.0367. The molecule has 294 valence electrons. The number of ether oxygens (including phenoxy) is 6. The number of esters is 1. The van der Waals surface area contributed by atoms with Crippen LogP contribution in [-0.4, -0.2) is 142 Å². The molecule has 11 unspecified atom stereocenters. The number of allylic oxidation sites excluding steroid dienone is 2. The molecule has 0 aromatic rings. The SMILES string of the molecule is CCC/C=C\CCCCCCCC(=O)OC(COCCCCCCCC)COC1OC(COC2OC(CO)C(O)C(O)C2O)C(O)C(O)C1O. The zero-order valence-electron chi connectivity index (χ0n) is 30.1. The number of aliphatic hydroxyl groups is 7. The maximum absolute atomic E-state index is 12.7. The average molecular weight is 723 g/mol. The van der Waals surface area contributed by atoms with Crippen LogP contribution in [0.1, 0.15) is 110 Å². The van der Waals surface area contributed by atoms with Crippen LogP contribution < -0.4 is 0 Å². The Bertz CT molecular complexity index is 891. The number of hydrogen-bond donors (Lipinski definition) is 7. The monoisotopic (exact) mass is 722 g/mol. The van der Waals surface area contributed by atoms with E-state index < -0.39 is 86.7 Å². The van der Waals surface area contributed by atoms with Crippen LogP contribution in [0.5, 0.6) is 0 Å². The molecule has 0 amide bonds. The molecule has 0 spiro atoms. The van der Waals surface area contributed by atoms with Gasteiger partial charge in [-0.05, 0) is 32.1 Å². The van der Waals surface area contributed by atoms with Crippen molar-refractivity contribution >= 4 is 5.97 Å². The average Bonchev–Trinajstić information content (AvgIpc) is 3.11. The summed E-state index contributed by atoms with van der Waals surface area (Å²) in [6.45, 7) is 3.51. The summed E-state index contributed by atoms with van der Waals surface area (Å²) in [7, 11) is 0. The van der Waals surface area contributed by atoms with Crippen LogP contribution in [0.4, 0.5) is 0 Å². The molecule has 2 rings (SSSR count). The van der Waals surface area contributed by atoms with Crippen LogP contribution in [0.2, 0.25) is 0 Å². The molecule has 2 saturated heterocycles. The molecular weight excluding hydrogens is 656 g/mol. The van der Waals surface area contributed by atoms with Gasteiger partial charge in [-0.1, -0.05) is 83.8 Å². The van der Waals surface area contributed by atoms with Gasteiger partial charge in [0.1, 0.15) is 54.9 Å². The molecule has 2 aliphatic heterocycles. The largest absolute Gasteiger partial charge is 0.457 e. The number of unbranched alkanes of at least 4 members (excludes halogenated alkanes) is 11. The zero-order valence-corrected chi connectivity index (χ0v) is 30.1. The minimum Gasteiger partial charge on any atom is -0.457 e. The van der Waals surface area contributed by atoms with Crippen molar-refractivity contribution < 1.29 is 69.0 Å². The molecule has 0 bridgehead atoms. The van der Waals surface area contributed by atoms with E-state index in [1.165, 1.54) is 19.3 Å². The van der Waals surface area contributed by atoms with Gasteiger partial charge in [-0.25, -0.2) is 0 Å². The van der Waals surface area contributed by atoms with Crippen LogP contribution in [-0.2, 0) is 33.2 Å². The van der Waals surface area contributed by atoms with E-state index in [2.05, 4.69) is 26.0 Å². The summed E-state index contributed by atoms with van der Waals surface area (Å²) in [4.78, 5) is 12.7. The number of rotatable bonds is 27. The summed E-state index contributed by atoms with van der Waals surface area (Å²) in [5.41, 5.74) is 0. The number of hydrogen-bond acceptors (Lipinski definition) is 14. The first-order chi connectivity index (χ1) is 24.1. The van der Waals surface area contributed by atoms with Crippen molar-refractivity contribution in [3.8, 4) is 0 Å². The third kappa shape index (κ3) is 16.6. The Labute approximate surface area is 297 Å². The minimum absolute atomic E-state index is 0.0594. The van der Waals surface area contributed by atoms with Crippen LogP contribution in [0, 0.1) is 0 Å². The first-order valence-corrected chi connectivity index (χ1v) is 18.8. The molecule has 2 heterocycles. The standard InChI is InChI=1S/C36H66O14/c1-3-5-7-9-11-12-13-14-15-17-19-28(38)48-25(22-45-20-18-16-10-8-6-4-2)23-46-35-34(44)32(42)30(40)27(50-35)24-47-36-33(43)31(41)29(39)26(21-37)49-36/h7,9,25-27,29-37,39-44H,3-6,8,10-24H2,1-2H3/b9-7-. The summed E-state index contributed by atoms with van der Waals surface area (Å²) in [6, 6.07) is 0. The van der Waals surface area contributed by atoms with E-state index in [1.54, 1.807) is 0 Å². The van der Waals surface area contributed by atoms with E-state index in [0.717, 1.165) is 64.2 Å². The number of carbonyl (C=O) groups is 1. The van der Waals surface area contributed by atoms with Gasteiger partial charge >= 0.3 is 5.97 Å². The predicted octanol–water partition coefficient (Wildman–Crippen LogP) is 2.00. The topological polar surface area (TPSA) is 214 Å². The second-order valence-electron chi connectivity index (χ2n) is 13.4. The van der Waals surface area contributed by atoms with Gasteiger partial charge in [0.25, 0.3) is 0 Å². The van der Waals surface area contributed by atoms with Gasteiger partial charge in [-0.15, -0.1) is 0 Å². The van der Waals surface area contributed by atoms with Crippen LogP contribution >= 0.6 is 0 Å². The van der Waals surface area contributed by atoms with Gasteiger partial charge in [0, 0.05) is 13.0 Å². The summed E-state index contributed by atoms with van der Waals surface area (Å²) in [5.74, 6) is -0.393. The Kier molecular flexibility index (Phi) is 23.8. The summed E-state index contributed by atoms with van der Waals surface area (Å²) in [6.07, 6.45) is 3.34. The van der Waals surface area contributed by atoms with Crippen LogP contribution in [0.3, 0.4) is 0 Å². The van der Waals surface area contributed by atoms with Crippen molar-refractivity contribution in [1.82, 2.24) is 0 Å². The first kappa shape index (κ1) is 44.9. The molecule has 0 aliphatic carbocycles. The lowest BCUT2D eigenvalue weighted by molar-refractivity contribution is -0.332. The maximum atomic E-state index is 12.7. The van der Waals surface area contributed by atoms with Gasteiger partial charge in [-0.2, -0.15) is 0 Å².